The highest BCUT2D eigenvalue weighted by Gasteiger charge is 2.25. The van der Waals surface area contributed by atoms with Crippen molar-refractivity contribution in [3.63, 3.8) is 0 Å². The van der Waals surface area contributed by atoms with Crippen LogP contribution in [0, 0.1) is 0 Å². The van der Waals surface area contributed by atoms with Gasteiger partial charge < -0.3 is 15.5 Å². The number of anilines is 1. The van der Waals surface area contributed by atoms with Gasteiger partial charge in [0.15, 0.2) is 0 Å². The second-order valence-corrected chi connectivity index (χ2v) is 5.45. The highest BCUT2D eigenvalue weighted by molar-refractivity contribution is 6.33. The molecule has 0 bridgehead atoms. The van der Waals surface area contributed by atoms with Crippen molar-refractivity contribution in [2.75, 3.05) is 32.9 Å². The van der Waals surface area contributed by atoms with Crippen molar-refractivity contribution >= 4 is 23.3 Å². The van der Waals surface area contributed by atoms with Gasteiger partial charge in [0.2, 0.25) is 0 Å². The SMILES string of the molecule is CN1CCC(N(C)C(=O)c2cnc(N)c(Cl)c2)CC1. The smallest absolute Gasteiger partial charge is 0.255 e. The number of nitrogens with two attached hydrogens (primary N) is 1. The van der Waals surface area contributed by atoms with Crippen LogP contribution in [0.1, 0.15) is 23.2 Å². The Morgan fingerprint density at radius 1 is 1.53 bits per heavy atom. The van der Waals surface area contributed by atoms with Crippen LogP contribution in [0.2, 0.25) is 5.02 Å². The number of pyridine rings is 1. The Morgan fingerprint density at radius 2 is 2.16 bits per heavy atom. The van der Waals surface area contributed by atoms with E-state index in [0.29, 0.717) is 10.6 Å². The maximum absolute atomic E-state index is 12.4. The minimum Gasteiger partial charge on any atom is -0.382 e. The average Bonchev–Trinajstić information content (AvgIpc) is 2.41. The first-order valence-corrected chi connectivity index (χ1v) is 6.73. The van der Waals surface area contributed by atoms with Crippen molar-refractivity contribution in [3.05, 3.63) is 22.8 Å². The summed E-state index contributed by atoms with van der Waals surface area (Å²) in [7, 11) is 3.93. The summed E-state index contributed by atoms with van der Waals surface area (Å²) < 4.78 is 0. The summed E-state index contributed by atoms with van der Waals surface area (Å²) in [4.78, 5) is 20.4. The van der Waals surface area contributed by atoms with E-state index in [-0.39, 0.29) is 17.8 Å². The van der Waals surface area contributed by atoms with Crippen LogP contribution in [0.3, 0.4) is 0 Å². The molecule has 104 valence electrons. The van der Waals surface area contributed by atoms with E-state index in [4.69, 9.17) is 17.3 Å². The molecule has 0 aliphatic carbocycles. The predicted octanol–water partition coefficient (Wildman–Crippen LogP) is 1.48. The van der Waals surface area contributed by atoms with E-state index in [1.54, 1.807) is 11.0 Å². The first-order valence-electron chi connectivity index (χ1n) is 6.35. The van der Waals surface area contributed by atoms with Gasteiger partial charge in [-0.1, -0.05) is 11.6 Å². The molecule has 5 nitrogen and oxygen atoms in total. The molecule has 1 aromatic rings. The number of nitrogen functional groups attached to an aromatic ring is 1. The molecule has 1 fully saturated rings. The van der Waals surface area contributed by atoms with E-state index in [1.807, 2.05) is 7.05 Å². The number of hydrogen-bond acceptors (Lipinski definition) is 4. The zero-order chi connectivity index (χ0) is 14.0. The molecule has 2 N–H and O–H groups in total. The first kappa shape index (κ1) is 14.1. The van der Waals surface area contributed by atoms with Gasteiger partial charge in [-0.3, -0.25) is 4.79 Å². The van der Waals surface area contributed by atoms with Crippen LogP contribution in [-0.4, -0.2) is 53.9 Å². The lowest BCUT2D eigenvalue weighted by molar-refractivity contribution is 0.0659. The van der Waals surface area contributed by atoms with Crippen LogP contribution in [0.25, 0.3) is 0 Å². The molecule has 1 saturated heterocycles. The Labute approximate surface area is 118 Å². The zero-order valence-electron chi connectivity index (χ0n) is 11.3. The van der Waals surface area contributed by atoms with E-state index >= 15 is 0 Å². The molecule has 2 heterocycles. The second-order valence-electron chi connectivity index (χ2n) is 5.04. The van der Waals surface area contributed by atoms with E-state index in [1.165, 1.54) is 6.20 Å². The monoisotopic (exact) mass is 282 g/mol. The summed E-state index contributed by atoms with van der Waals surface area (Å²) in [5.41, 5.74) is 6.04. The molecule has 0 aromatic carbocycles. The fraction of sp³-hybridized carbons (Fsp3) is 0.538. The van der Waals surface area contributed by atoms with Gasteiger partial charge in [-0.05, 0) is 39.0 Å². The lowest BCUT2D eigenvalue weighted by Gasteiger charge is -2.35. The molecular weight excluding hydrogens is 264 g/mol. The number of piperidine rings is 1. The van der Waals surface area contributed by atoms with Crippen LogP contribution < -0.4 is 5.73 Å². The third-order valence-corrected chi connectivity index (χ3v) is 3.98. The lowest BCUT2D eigenvalue weighted by Crippen LogP contribution is -2.44. The van der Waals surface area contributed by atoms with Gasteiger partial charge in [-0.25, -0.2) is 4.98 Å². The van der Waals surface area contributed by atoms with E-state index in [2.05, 4.69) is 16.9 Å². The van der Waals surface area contributed by atoms with Crippen molar-refractivity contribution in [3.8, 4) is 0 Å². The van der Waals surface area contributed by atoms with E-state index < -0.39 is 0 Å². The molecule has 1 aromatic heterocycles. The third-order valence-electron chi connectivity index (χ3n) is 3.67. The van der Waals surface area contributed by atoms with Crippen molar-refractivity contribution < 1.29 is 4.79 Å². The summed E-state index contributed by atoms with van der Waals surface area (Å²) in [6.07, 6.45) is 3.47. The number of amides is 1. The molecular formula is C13H19ClN4O. The summed E-state index contributed by atoms with van der Waals surface area (Å²) in [5, 5.41) is 0.322. The minimum absolute atomic E-state index is 0.0519. The fourth-order valence-electron chi connectivity index (χ4n) is 2.32. The molecule has 6 heteroatoms. The average molecular weight is 283 g/mol. The van der Waals surface area contributed by atoms with Gasteiger partial charge >= 0.3 is 0 Å². The molecule has 19 heavy (non-hydrogen) atoms. The second kappa shape index (κ2) is 5.75. The van der Waals surface area contributed by atoms with Gasteiger partial charge in [0.1, 0.15) is 5.82 Å². The Hall–Kier alpha value is -1.33. The normalized spacial score (nSPS) is 17.4. The summed E-state index contributed by atoms with van der Waals surface area (Å²) >= 11 is 5.90. The number of aromatic nitrogens is 1. The molecule has 0 unspecified atom stereocenters. The van der Waals surface area contributed by atoms with E-state index in [0.717, 1.165) is 25.9 Å². The van der Waals surface area contributed by atoms with Crippen LogP contribution in [0.15, 0.2) is 12.3 Å². The van der Waals surface area contributed by atoms with Crippen molar-refractivity contribution in [1.29, 1.82) is 0 Å². The highest BCUT2D eigenvalue weighted by Crippen LogP contribution is 2.20. The topological polar surface area (TPSA) is 62.5 Å². The quantitative estimate of drug-likeness (QED) is 0.893. The third kappa shape index (κ3) is 3.16. The van der Waals surface area contributed by atoms with Crippen LogP contribution in [0.5, 0.6) is 0 Å². The van der Waals surface area contributed by atoms with Crippen LogP contribution in [0.4, 0.5) is 5.82 Å². The largest absolute Gasteiger partial charge is 0.382 e. The van der Waals surface area contributed by atoms with Crippen molar-refractivity contribution in [1.82, 2.24) is 14.8 Å². The Kier molecular flexibility index (Phi) is 4.27. The van der Waals surface area contributed by atoms with Gasteiger partial charge in [-0.2, -0.15) is 0 Å². The minimum atomic E-state index is -0.0519. The number of rotatable bonds is 2. The van der Waals surface area contributed by atoms with Gasteiger partial charge in [0.25, 0.3) is 5.91 Å². The lowest BCUT2D eigenvalue weighted by atomic mass is 10.0. The first-order chi connectivity index (χ1) is 8.99. The number of nitrogens with zero attached hydrogens (tertiary/aromatic N) is 3. The van der Waals surface area contributed by atoms with Crippen LogP contribution >= 0.6 is 11.6 Å². The molecule has 0 radical (unpaired) electrons. The fourth-order valence-corrected chi connectivity index (χ4v) is 2.48. The van der Waals surface area contributed by atoms with Gasteiger partial charge in [0.05, 0.1) is 10.6 Å². The molecule has 1 aliphatic rings. The summed E-state index contributed by atoms with van der Waals surface area (Å²) in [5.74, 6) is 0.198. The maximum Gasteiger partial charge on any atom is 0.255 e. The standard InChI is InChI=1S/C13H19ClN4O/c1-17-5-3-10(4-6-17)18(2)13(19)9-7-11(14)12(15)16-8-9/h7-8,10H,3-6H2,1-2H3,(H2,15,16). The molecule has 0 atom stereocenters. The van der Waals surface area contributed by atoms with E-state index in [9.17, 15) is 4.79 Å². The Bertz CT molecular complexity index is 472. The zero-order valence-corrected chi connectivity index (χ0v) is 12.0. The molecule has 0 saturated carbocycles. The Morgan fingerprint density at radius 3 is 2.74 bits per heavy atom. The molecule has 2 rings (SSSR count). The highest BCUT2D eigenvalue weighted by atomic mass is 35.5. The van der Waals surface area contributed by atoms with Crippen molar-refractivity contribution in [2.45, 2.75) is 18.9 Å². The number of carbonyl (C=O) groups is 1. The van der Waals surface area contributed by atoms with Gasteiger partial charge in [0, 0.05) is 19.3 Å². The van der Waals surface area contributed by atoms with Crippen LogP contribution in [-0.2, 0) is 0 Å². The number of hydrogen-bond donors (Lipinski definition) is 1. The maximum atomic E-state index is 12.4. The Balaban J connectivity index is 2.08. The summed E-state index contributed by atoms with van der Waals surface area (Å²) in [6, 6.07) is 1.86. The number of halogens is 1. The van der Waals surface area contributed by atoms with Gasteiger partial charge in [-0.15, -0.1) is 0 Å². The number of carbonyl (C=O) groups excluding carboxylic acids is 1. The molecule has 0 spiro atoms. The molecule has 1 aliphatic heterocycles. The van der Waals surface area contributed by atoms with Crippen molar-refractivity contribution in [2.24, 2.45) is 0 Å². The molecule has 1 amide bonds. The summed E-state index contributed by atoms with van der Waals surface area (Å²) in [6.45, 7) is 2.03. The number of likely N-dealkylation sites (tertiary alicyclic amines) is 1. The predicted molar refractivity (Wildman–Crippen MR) is 76.3 cm³/mol.